The van der Waals surface area contributed by atoms with Gasteiger partial charge < -0.3 is 18.6 Å². The van der Waals surface area contributed by atoms with Crippen molar-refractivity contribution in [2.75, 3.05) is 29.5 Å². The highest BCUT2D eigenvalue weighted by Gasteiger charge is 2.54. The van der Waals surface area contributed by atoms with Crippen LogP contribution < -0.4 is 4.90 Å². The number of hydrogen-bond acceptors (Lipinski definition) is 10. The molecule has 50 heavy (non-hydrogen) atoms. The van der Waals surface area contributed by atoms with Crippen LogP contribution in [0.5, 0.6) is 0 Å². The second-order valence-electron chi connectivity index (χ2n) is 14.5. The first kappa shape index (κ1) is 35.0. The number of fused-ring (bicyclic) bond motifs is 6. The summed E-state index contributed by atoms with van der Waals surface area (Å²) in [6.45, 7) is 6.16. The van der Waals surface area contributed by atoms with Crippen molar-refractivity contribution in [1.29, 1.82) is 0 Å². The smallest absolute Gasteiger partial charge is 0.209 e. The van der Waals surface area contributed by atoms with E-state index in [2.05, 4.69) is 31.2 Å². The fraction of sp³-hybridized carbons (Fsp3) is 0.417. The van der Waals surface area contributed by atoms with E-state index in [4.69, 9.17) is 0 Å². The van der Waals surface area contributed by atoms with Crippen molar-refractivity contribution in [3.63, 3.8) is 0 Å². The number of benzene rings is 2. The summed E-state index contributed by atoms with van der Waals surface area (Å²) in [6.07, 6.45) is 10.9. The fourth-order valence-corrected chi connectivity index (χ4v) is 10.1. The third-order valence-electron chi connectivity index (χ3n) is 11.1. The topological polar surface area (TPSA) is 178 Å². The van der Waals surface area contributed by atoms with Crippen LogP contribution in [0.25, 0.3) is 0 Å². The van der Waals surface area contributed by atoms with Crippen LogP contribution in [0.3, 0.4) is 0 Å². The highest BCUT2D eigenvalue weighted by Crippen LogP contribution is 2.57. The highest BCUT2D eigenvalue weighted by molar-refractivity contribution is 7.86. The lowest BCUT2D eigenvalue weighted by Crippen LogP contribution is -2.30. The van der Waals surface area contributed by atoms with Gasteiger partial charge in [-0.25, -0.2) is 25.3 Å². The summed E-state index contributed by atoms with van der Waals surface area (Å²) >= 11 is 0. The third kappa shape index (κ3) is 6.13. The molecule has 2 aromatic carbocycles. The maximum Gasteiger partial charge on any atom is 0.209 e. The molecule has 5 aliphatic rings. The van der Waals surface area contributed by atoms with Crippen LogP contribution in [0.4, 0.5) is 11.4 Å². The van der Waals surface area contributed by atoms with Crippen molar-refractivity contribution in [3.8, 4) is 0 Å². The normalized spacial score (nSPS) is 26.3. The highest BCUT2D eigenvalue weighted by atomic mass is 32.2. The molecule has 0 radical (unpaired) electrons. The fourth-order valence-electron chi connectivity index (χ4n) is 8.83. The average molecular weight is 739 g/mol. The Balaban J connectivity index is 1.25. The minimum atomic E-state index is -4.72. The number of rotatable bonds is 9. The molecule has 266 valence electrons. The van der Waals surface area contributed by atoms with E-state index in [9.17, 15) is 38.9 Å². The van der Waals surface area contributed by atoms with E-state index in [0.717, 1.165) is 76.2 Å². The van der Waals surface area contributed by atoms with E-state index in [1.807, 2.05) is 30.9 Å². The van der Waals surface area contributed by atoms with Gasteiger partial charge >= 0.3 is 0 Å². The molecule has 0 saturated heterocycles. The zero-order valence-corrected chi connectivity index (χ0v) is 30.5. The van der Waals surface area contributed by atoms with Crippen molar-refractivity contribution in [3.05, 3.63) is 99.3 Å². The number of hydrogen-bond donors (Lipinski definition) is 0. The van der Waals surface area contributed by atoms with Crippen molar-refractivity contribution in [2.45, 2.75) is 75.0 Å². The van der Waals surface area contributed by atoms with Gasteiger partial charge in [0.1, 0.15) is 20.2 Å². The molecule has 1 saturated carbocycles. The Labute approximate surface area is 293 Å². The van der Waals surface area contributed by atoms with Crippen molar-refractivity contribution >= 4 is 47.4 Å². The number of anilines is 1. The van der Waals surface area contributed by atoms with Crippen LogP contribution >= 0.6 is 0 Å². The molecule has 11 nitrogen and oxygen atoms in total. The first-order valence-corrected chi connectivity index (χ1v) is 21.2. The molecule has 0 spiro atoms. The summed E-state index contributed by atoms with van der Waals surface area (Å²) in [5.74, 6) is -1.12. The SMILES string of the molecule is Cc1ccc2c(c1)C1(C)CCC(C=C3C=C(C=C4CCC5(C)C4=[N+](CCS(=O)(=O)[O-])c4ccc(S(=O)(=O)[O-])cc45)CC3)=C1N2CCS(=O)(=O)[O-]. The summed E-state index contributed by atoms with van der Waals surface area (Å²) in [5.41, 5.74) is 9.56. The van der Waals surface area contributed by atoms with E-state index in [1.165, 1.54) is 18.2 Å². The molecule has 2 atom stereocenters. The Hall–Kier alpha value is -3.40. The third-order valence-corrected chi connectivity index (χ3v) is 13.3. The summed E-state index contributed by atoms with van der Waals surface area (Å²) < 4.78 is 107. The molecular weight excluding hydrogens is 701 g/mol. The van der Waals surface area contributed by atoms with Crippen LogP contribution in [0.2, 0.25) is 0 Å². The zero-order valence-electron chi connectivity index (χ0n) is 28.1. The molecule has 2 unspecified atom stereocenters. The van der Waals surface area contributed by atoms with Gasteiger partial charge in [-0.2, -0.15) is 4.58 Å². The summed E-state index contributed by atoms with van der Waals surface area (Å²) in [5, 5.41) is 0. The lowest BCUT2D eigenvalue weighted by molar-refractivity contribution is -0.432. The van der Waals surface area contributed by atoms with Gasteiger partial charge in [0, 0.05) is 40.5 Å². The standard InChI is InChI=1S/C36H40N2O9S3/c1-23-4-8-31-29(18-23)35(2)12-10-26(33(35)37(31)14-16-48(39,40)41)20-24-5-6-25(19-24)21-27-11-13-36(3)30-22-28(50(45,46)47)7-9-32(30)38(34(27)36)15-17-49(42,43)44/h4,7-9,18-22H,5-6,10-17H2,1-3H3,(H2-,39,40,41,42,43,44,45,46,47)/p-2. The molecule has 7 rings (SSSR count). The van der Waals surface area contributed by atoms with Gasteiger partial charge in [-0.05, 0) is 106 Å². The van der Waals surface area contributed by atoms with E-state index in [1.54, 1.807) is 4.58 Å². The maximum absolute atomic E-state index is 11.9. The zero-order chi connectivity index (χ0) is 36.0. The molecule has 2 aliphatic heterocycles. The summed E-state index contributed by atoms with van der Waals surface area (Å²) in [6, 6.07) is 10.3. The molecule has 0 N–H and O–H groups in total. The predicted molar refractivity (Wildman–Crippen MR) is 186 cm³/mol. The van der Waals surface area contributed by atoms with Crippen molar-refractivity contribution in [1.82, 2.24) is 0 Å². The van der Waals surface area contributed by atoms with Crippen molar-refractivity contribution in [2.24, 2.45) is 0 Å². The largest absolute Gasteiger partial charge is 0.748 e. The number of aryl methyl sites for hydroxylation is 1. The van der Waals surface area contributed by atoms with Crippen LogP contribution in [-0.2, 0) is 41.2 Å². The van der Waals surface area contributed by atoms with Gasteiger partial charge in [0.25, 0.3) is 0 Å². The average Bonchev–Trinajstić information content (AvgIpc) is 3.78. The van der Waals surface area contributed by atoms with Gasteiger partial charge in [-0.1, -0.05) is 29.8 Å². The quantitative estimate of drug-likeness (QED) is 0.262. The van der Waals surface area contributed by atoms with Crippen molar-refractivity contribution < 1.29 is 43.5 Å². The molecule has 2 heterocycles. The predicted octanol–water partition coefficient (Wildman–Crippen LogP) is 4.54. The molecule has 0 amide bonds. The molecule has 0 bridgehead atoms. The van der Waals surface area contributed by atoms with Crippen LogP contribution in [0, 0.1) is 6.92 Å². The molecule has 0 aromatic heterocycles. The van der Waals surface area contributed by atoms with Gasteiger partial charge in [-0.15, -0.1) is 0 Å². The first-order chi connectivity index (χ1) is 23.3. The molecule has 14 heteroatoms. The molecule has 1 fully saturated rings. The molecular formula is C36H38N2O9S3-2. The number of allylic oxidation sites excluding steroid dienone is 8. The van der Waals surface area contributed by atoms with Gasteiger partial charge in [0.2, 0.25) is 5.69 Å². The molecule has 2 aromatic rings. The van der Waals surface area contributed by atoms with Gasteiger partial charge in [0.05, 0.1) is 31.9 Å². The van der Waals surface area contributed by atoms with E-state index in [0.29, 0.717) is 24.1 Å². The lowest BCUT2D eigenvalue weighted by atomic mass is 9.80. The van der Waals surface area contributed by atoms with E-state index >= 15 is 0 Å². The minimum absolute atomic E-state index is 0.0822. The van der Waals surface area contributed by atoms with Gasteiger partial charge in [0.15, 0.2) is 12.3 Å². The van der Waals surface area contributed by atoms with Crippen LogP contribution in [0.15, 0.2) is 87.5 Å². The minimum Gasteiger partial charge on any atom is -0.748 e. The maximum atomic E-state index is 11.9. The Morgan fingerprint density at radius 2 is 1.54 bits per heavy atom. The second-order valence-corrected chi connectivity index (χ2v) is 18.9. The van der Waals surface area contributed by atoms with E-state index in [-0.39, 0.29) is 23.4 Å². The Kier molecular flexibility index (Phi) is 8.28. The van der Waals surface area contributed by atoms with Crippen LogP contribution in [-0.4, -0.2) is 73.8 Å². The Bertz CT molecular complexity index is 2350. The van der Waals surface area contributed by atoms with Crippen LogP contribution in [0.1, 0.15) is 69.1 Å². The lowest BCUT2D eigenvalue weighted by Gasteiger charge is -2.27. The summed E-state index contributed by atoms with van der Waals surface area (Å²) in [4.78, 5) is 1.66. The monoisotopic (exact) mass is 738 g/mol. The second kappa shape index (κ2) is 11.8. The first-order valence-electron chi connectivity index (χ1n) is 16.6. The van der Waals surface area contributed by atoms with E-state index < -0.39 is 47.3 Å². The number of nitrogens with zero attached hydrogens (tertiary/aromatic N) is 2. The Morgan fingerprint density at radius 3 is 2.24 bits per heavy atom. The summed E-state index contributed by atoms with van der Waals surface area (Å²) in [7, 11) is -13.7. The van der Waals surface area contributed by atoms with Gasteiger partial charge in [-0.3, -0.25) is 0 Å². The molecule has 3 aliphatic carbocycles. The Morgan fingerprint density at radius 1 is 0.820 bits per heavy atom.